The monoisotopic (exact) mass is 291 g/mol. The summed E-state index contributed by atoms with van der Waals surface area (Å²) < 4.78 is 31.1. The number of methoxy groups -OCH3 is 1. The first-order valence-electron chi connectivity index (χ1n) is 5.66. The molecule has 0 fully saturated rings. The zero-order valence-electron chi connectivity index (χ0n) is 10.3. The van der Waals surface area contributed by atoms with Crippen LogP contribution in [0.25, 0.3) is 0 Å². The van der Waals surface area contributed by atoms with Crippen molar-refractivity contribution >= 4 is 21.6 Å². The number of sulfonamides is 1. The van der Waals surface area contributed by atoms with Crippen molar-refractivity contribution in [1.29, 1.82) is 0 Å². The lowest BCUT2D eigenvalue weighted by atomic mass is 10.2. The minimum atomic E-state index is -3.33. The Hall–Kier alpha value is -0.620. The Morgan fingerprint density at radius 2 is 2.00 bits per heavy atom. The molecule has 0 aliphatic carbocycles. The van der Waals surface area contributed by atoms with Gasteiger partial charge in [-0.25, -0.2) is 13.1 Å². The molecule has 0 saturated carbocycles. The smallest absolute Gasteiger partial charge is 0.212 e. The fourth-order valence-corrected chi connectivity index (χ4v) is 3.06. The molecule has 0 radical (unpaired) electrons. The van der Waals surface area contributed by atoms with Gasteiger partial charge in [-0.3, -0.25) is 0 Å². The molecule has 1 unspecified atom stereocenters. The van der Waals surface area contributed by atoms with Crippen LogP contribution in [0.4, 0.5) is 0 Å². The van der Waals surface area contributed by atoms with Gasteiger partial charge in [0, 0.05) is 13.0 Å². The largest absolute Gasteiger partial charge is 0.383 e. The van der Waals surface area contributed by atoms with Gasteiger partial charge in [-0.15, -0.1) is 11.6 Å². The number of hydrogen-bond donors (Lipinski definition) is 1. The highest BCUT2D eigenvalue weighted by molar-refractivity contribution is 7.89. The zero-order chi connectivity index (χ0) is 13.4. The highest BCUT2D eigenvalue weighted by Crippen LogP contribution is 2.02. The Kier molecular flexibility index (Phi) is 6.63. The van der Waals surface area contributed by atoms with Gasteiger partial charge in [0.05, 0.1) is 18.4 Å². The van der Waals surface area contributed by atoms with E-state index >= 15 is 0 Å². The second-order valence-electron chi connectivity index (χ2n) is 3.98. The summed E-state index contributed by atoms with van der Waals surface area (Å²) in [7, 11) is -1.82. The van der Waals surface area contributed by atoms with Gasteiger partial charge in [0.15, 0.2) is 0 Å². The second-order valence-corrected chi connectivity index (χ2v) is 6.16. The van der Waals surface area contributed by atoms with E-state index in [9.17, 15) is 8.42 Å². The predicted molar refractivity (Wildman–Crippen MR) is 73.5 cm³/mol. The van der Waals surface area contributed by atoms with Gasteiger partial charge in [-0.2, -0.15) is 0 Å². The SMILES string of the molecule is COCC(CCl)NS(=O)(=O)CCc1ccccc1. The quantitative estimate of drug-likeness (QED) is 0.737. The van der Waals surface area contributed by atoms with Crippen LogP contribution >= 0.6 is 11.6 Å². The molecule has 1 aromatic rings. The number of nitrogens with one attached hydrogen (secondary N) is 1. The van der Waals surface area contributed by atoms with E-state index < -0.39 is 10.0 Å². The molecular weight excluding hydrogens is 274 g/mol. The summed E-state index contributed by atoms with van der Waals surface area (Å²) in [6.07, 6.45) is 0.484. The van der Waals surface area contributed by atoms with Gasteiger partial charge in [0.1, 0.15) is 0 Å². The van der Waals surface area contributed by atoms with Gasteiger partial charge in [-0.05, 0) is 12.0 Å². The van der Waals surface area contributed by atoms with Crippen LogP contribution < -0.4 is 4.72 Å². The highest BCUT2D eigenvalue weighted by Gasteiger charge is 2.16. The molecule has 0 heterocycles. The first-order valence-corrected chi connectivity index (χ1v) is 7.85. The van der Waals surface area contributed by atoms with E-state index in [1.54, 1.807) is 0 Å². The van der Waals surface area contributed by atoms with Crippen LogP contribution in [0.1, 0.15) is 5.56 Å². The van der Waals surface area contributed by atoms with Crippen LogP contribution in [0, 0.1) is 0 Å². The van der Waals surface area contributed by atoms with Crippen LogP contribution in [0.3, 0.4) is 0 Å². The Morgan fingerprint density at radius 1 is 1.33 bits per heavy atom. The van der Waals surface area contributed by atoms with Crippen LogP contribution in [0.2, 0.25) is 0 Å². The summed E-state index contributed by atoms with van der Waals surface area (Å²) >= 11 is 5.66. The maximum absolute atomic E-state index is 11.8. The molecule has 0 aliphatic heterocycles. The Balaban J connectivity index is 2.49. The van der Waals surface area contributed by atoms with Crippen molar-refractivity contribution in [2.75, 3.05) is 25.3 Å². The summed E-state index contributed by atoms with van der Waals surface area (Å²) in [5.41, 5.74) is 0.997. The summed E-state index contributed by atoms with van der Waals surface area (Å²) in [6.45, 7) is 0.272. The number of aryl methyl sites for hydroxylation is 1. The average Bonchev–Trinajstić information content (AvgIpc) is 2.37. The zero-order valence-corrected chi connectivity index (χ0v) is 11.9. The molecule has 1 N–H and O–H groups in total. The summed E-state index contributed by atoms with van der Waals surface area (Å²) in [6, 6.07) is 9.12. The minimum absolute atomic E-state index is 0.0497. The molecule has 0 amide bonds. The van der Waals surface area contributed by atoms with Gasteiger partial charge in [0.25, 0.3) is 0 Å². The molecule has 102 valence electrons. The molecular formula is C12H18ClNO3S. The molecule has 18 heavy (non-hydrogen) atoms. The molecule has 0 aromatic heterocycles. The Morgan fingerprint density at radius 3 is 2.56 bits per heavy atom. The van der Waals surface area contributed by atoms with E-state index in [4.69, 9.17) is 16.3 Å². The molecule has 0 aliphatic rings. The van der Waals surface area contributed by atoms with Crippen molar-refractivity contribution in [3.05, 3.63) is 35.9 Å². The van der Waals surface area contributed by atoms with E-state index in [2.05, 4.69) is 4.72 Å². The molecule has 4 nitrogen and oxygen atoms in total. The van der Waals surface area contributed by atoms with Crippen molar-refractivity contribution in [1.82, 2.24) is 4.72 Å². The molecule has 1 aromatic carbocycles. The molecule has 0 bridgehead atoms. The average molecular weight is 292 g/mol. The van der Waals surface area contributed by atoms with E-state index in [-0.39, 0.29) is 24.3 Å². The highest BCUT2D eigenvalue weighted by atomic mass is 35.5. The van der Waals surface area contributed by atoms with E-state index in [0.717, 1.165) is 5.56 Å². The van der Waals surface area contributed by atoms with E-state index in [1.807, 2.05) is 30.3 Å². The van der Waals surface area contributed by atoms with Gasteiger partial charge in [-0.1, -0.05) is 30.3 Å². The van der Waals surface area contributed by atoms with Crippen LogP contribution in [0.15, 0.2) is 30.3 Å². The third-order valence-corrected chi connectivity index (χ3v) is 4.21. The minimum Gasteiger partial charge on any atom is -0.383 e. The van der Waals surface area contributed by atoms with E-state index in [0.29, 0.717) is 6.42 Å². The summed E-state index contributed by atoms with van der Waals surface area (Å²) in [5, 5.41) is 0. The van der Waals surface area contributed by atoms with Crippen molar-refractivity contribution in [3.8, 4) is 0 Å². The molecule has 1 rings (SSSR count). The third-order valence-electron chi connectivity index (χ3n) is 2.40. The van der Waals surface area contributed by atoms with Crippen molar-refractivity contribution in [3.63, 3.8) is 0 Å². The first kappa shape index (κ1) is 15.4. The number of benzene rings is 1. The van der Waals surface area contributed by atoms with Crippen LogP contribution in [-0.4, -0.2) is 39.8 Å². The predicted octanol–water partition coefficient (Wildman–Crippen LogP) is 1.40. The van der Waals surface area contributed by atoms with Crippen LogP contribution in [0.5, 0.6) is 0 Å². The number of alkyl halides is 1. The van der Waals surface area contributed by atoms with Crippen LogP contribution in [-0.2, 0) is 21.2 Å². The number of rotatable bonds is 8. The third kappa shape index (κ3) is 5.82. The van der Waals surface area contributed by atoms with Crippen molar-refractivity contribution in [2.24, 2.45) is 0 Å². The Bertz CT molecular complexity index is 436. The lowest BCUT2D eigenvalue weighted by Crippen LogP contribution is -2.40. The number of ether oxygens (including phenoxy) is 1. The maximum atomic E-state index is 11.8. The number of hydrogen-bond acceptors (Lipinski definition) is 3. The fourth-order valence-electron chi connectivity index (χ4n) is 1.52. The lowest BCUT2D eigenvalue weighted by Gasteiger charge is -2.15. The molecule has 1 atom stereocenters. The van der Waals surface area contributed by atoms with Crippen molar-refractivity contribution in [2.45, 2.75) is 12.5 Å². The number of halogens is 1. The van der Waals surface area contributed by atoms with Crippen molar-refractivity contribution < 1.29 is 13.2 Å². The second kappa shape index (κ2) is 7.74. The standard InChI is InChI=1S/C12H18ClNO3S/c1-17-10-12(9-13)14-18(15,16)8-7-11-5-3-2-4-6-11/h2-6,12,14H,7-10H2,1H3. The fraction of sp³-hybridized carbons (Fsp3) is 0.500. The normalized spacial score (nSPS) is 13.4. The van der Waals surface area contributed by atoms with Gasteiger partial charge in [0.2, 0.25) is 10.0 Å². The lowest BCUT2D eigenvalue weighted by molar-refractivity contribution is 0.181. The summed E-state index contributed by atoms with van der Waals surface area (Å²) in [4.78, 5) is 0. The topological polar surface area (TPSA) is 55.4 Å². The summed E-state index contributed by atoms with van der Waals surface area (Å²) in [5.74, 6) is 0.243. The van der Waals surface area contributed by atoms with Gasteiger partial charge < -0.3 is 4.74 Å². The van der Waals surface area contributed by atoms with E-state index in [1.165, 1.54) is 7.11 Å². The first-order chi connectivity index (χ1) is 8.57. The van der Waals surface area contributed by atoms with Gasteiger partial charge >= 0.3 is 0 Å². The molecule has 0 saturated heterocycles. The Labute approximate surface area is 113 Å². The maximum Gasteiger partial charge on any atom is 0.212 e. The molecule has 6 heteroatoms. The molecule has 0 spiro atoms.